The first-order valence-electron chi connectivity index (χ1n) is 5.25. The molecule has 0 heterocycles. The Morgan fingerprint density at radius 2 is 1.93 bits per heavy atom. The van der Waals surface area contributed by atoms with E-state index < -0.39 is 0 Å². The average molecular weight is 200 g/mol. The molecule has 1 aromatic rings. The third-order valence-corrected chi connectivity index (χ3v) is 2.15. The summed E-state index contributed by atoms with van der Waals surface area (Å²) in [5.41, 5.74) is 2.59. The van der Waals surface area contributed by atoms with E-state index in [1.54, 1.807) is 6.08 Å². The van der Waals surface area contributed by atoms with Gasteiger partial charge in [-0.25, -0.2) is 0 Å². The molecule has 1 rings (SSSR count). The Labute approximate surface area is 91.1 Å². The minimum absolute atomic E-state index is 0.780. The van der Waals surface area contributed by atoms with E-state index in [2.05, 4.69) is 25.1 Å². The second-order valence-corrected chi connectivity index (χ2v) is 3.33. The molecule has 0 saturated heterocycles. The van der Waals surface area contributed by atoms with Crippen molar-refractivity contribution < 1.29 is 4.79 Å². The van der Waals surface area contributed by atoms with Crippen molar-refractivity contribution in [3.63, 3.8) is 0 Å². The number of allylic oxidation sites excluding steroid dienone is 3. The number of aryl methyl sites for hydroxylation is 1. The Morgan fingerprint density at radius 3 is 2.67 bits per heavy atom. The van der Waals surface area contributed by atoms with Crippen LogP contribution in [-0.4, -0.2) is 6.29 Å². The molecule has 0 radical (unpaired) electrons. The van der Waals surface area contributed by atoms with Crippen molar-refractivity contribution in [2.45, 2.75) is 19.8 Å². The quantitative estimate of drug-likeness (QED) is 0.404. The van der Waals surface area contributed by atoms with E-state index in [9.17, 15) is 4.79 Å². The Bertz CT molecular complexity index is 361. The molecule has 0 N–H and O–H groups in total. The molecule has 0 bridgehead atoms. The lowest BCUT2D eigenvalue weighted by Crippen LogP contribution is -1.86. The zero-order chi connectivity index (χ0) is 10.9. The lowest BCUT2D eigenvalue weighted by atomic mass is 10.0. The molecule has 0 aliphatic heterocycles. The highest BCUT2D eigenvalue weighted by Gasteiger charge is 1.95. The van der Waals surface area contributed by atoms with Crippen LogP contribution in [0.25, 0.3) is 6.08 Å². The standard InChI is InChI=1S/C14H16O/c1-2-8-13-10-5-6-11-14(13)9-4-3-7-12-15/h3-7,9-12H,2,8H2,1H3/b7-3+,9-4+. The summed E-state index contributed by atoms with van der Waals surface area (Å²) in [7, 11) is 0. The van der Waals surface area contributed by atoms with Gasteiger partial charge in [0.1, 0.15) is 6.29 Å². The maximum absolute atomic E-state index is 10.1. The molecule has 0 saturated carbocycles. The molecular formula is C14H16O. The molecule has 1 aromatic carbocycles. The molecule has 0 fully saturated rings. The van der Waals surface area contributed by atoms with Crippen molar-refractivity contribution in [1.29, 1.82) is 0 Å². The van der Waals surface area contributed by atoms with Crippen LogP contribution in [0.4, 0.5) is 0 Å². The van der Waals surface area contributed by atoms with Gasteiger partial charge in [0.25, 0.3) is 0 Å². The van der Waals surface area contributed by atoms with Crippen LogP contribution in [0.2, 0.25) is 0 Å². The highest BCUT2D eigenvalue weighted by molar-refractivity contribution is 5.66. The van der Waals surface area contributed by atoms with E-state index >= 15 is 0 Å². The van der Waals surface area contributed by atoms with Crippen LogP contribution in [0.1, 0.15) is 24.5 Å². The Balaban J connectivity index is 2.78. The number of carbonyl (C=O) groups is 1. The van der Waals surface area contributed by atoms with Gasteiger partial charge >= 0.3 is 0 Å². The van der Waals surface area contributed by atoms with Crippen LogP contribution in [0.15, 0.2) is 42.5 Å². The second kappa shape index (κ2) is 6.77. The Kier molecular flexibility index (Phi) is 5.16. The van der Waals surface area contributed by atoms with Gasteiger partial charge in [-0.3, -0.25) is 4.79 Å². The fourth-order valence-corrected chi connectivity index (χ4v) is 1.46. The second-order valence-electron chi connectivity index (χ2n) is 3.33. The fraction of sp³-hybridized carbons (Fsp3) is 0.214. The number of benzene rings is 1. The summed E-state index contributed by atoms with van der Waals surface area (Å²) in [4.78, 5) is 10.1. The normalized spacial score (nSPS) is 11.3. The van der Waals surface area contributed by atoms with Gasteiger partial charge in [-0.05, 0) is 23.6 Å². The maximum atomic E-state index is 10.1. The number of hydrogen-bond acceptors (Lipinski definition) is 1. The predicted octanol–water partition coefficient (Wildman–Crippen LogP) is 3.41. The van der Waals surface area contributed by atoms with Crippen LogP contribution >= 0.6 is 0 Å². The summed E-state index contributed by atoms with van der Waals surface area (Å²) in [5.74, 6) is 0. The molecule has 0 unspecified atom stereocenters. The first-order valence-corrected chi connectivity index (χ1v) is 5.25. The van der Waals surface area contributed by atoms with Crippen LogP contribution in [-0.2, 0) is 11.2 Å². The maximum Gasteiger partial charge on any atom is 0.142 e. The van der Waals surface area contributed by atoms with E-state index in [0.29, 0.717) is 0 Å². The van der Waals surface area contributed by atoms with Gasteiger partial charge in [-0.15, -0.1) is 0 Å². The minimum Gasteiger partial charge on any atom is -0.299 e. The van der Waals surface area contributed by atoms with Gasteiger partial charge in [0.05, 0.1) is 0 Å². The molecule has 1 heteroatoms. The minimum atomic E-state index is 0.780. The number of hydrogen-bond donors (Lipinski definition) is 0. The predicted molar refractivity (Wildman–Crippen MR) is 64.7 cm³/mol. The van der Waals surface area contributed by atoms with E-state index in [4.69, 9.17) is 0 Å². The molecule has 0 spiro atoms. The summed E-state index contributed by atoms with van der Waals surface area (Å²) in [5, 5.41) is 0. The zero-order valence-corrected chi connectivity index (χ0v) is 9.02. The van der Waals surface area contributed by atoms with Crippen molar-refractivity contribution in [3.8, 4) is 0 Å². The van der Waals surface area contributed by atoms with Crippen molar-refractivity contribution in [3.05, 3.63) is 53.6 Å². The SMILES string of the molecule is CCCc1ccccc1/C=C/C=C/C=O. The molecule has 15 heavy (non-hydrogen) atoms. The van der Waals surface area contributed by atoms with Crippen LogP contribution < -0.4 is 0 Å². The third kappa shape index (κ3) is 3.94. The van der Waals surface area contributed by atoms with Crippen LogP contribution in [0, 0.1) is 0 Å². The smallest absolute Gasteiger partial charge is 0.142 e. The van der Waals surface area contributed by atoms with Gasteiger partial charge in [0, 0.05) is 0 Å². The lowest BCUT2D eigenvalue weighted by Gasteiger charge is -2.02. The summed E-state index contributed by atoms with van der Waals surface area (Å²) < 4.78 is 0. The van der Waals surface area contributed by atoms with Crippen LogP contribution in [0.5, 0.6) is 0 Å². The van der Waals surface area contributed by atoms with Gasteiger partial charge < -0.3 is 0 Å². The van der Waals surface area contributed by atoms with E-state index in [0.717, 1.165) is 19.1 Å². The van der Waals surface area contributed by atoms with E-state index in [1.807, 2.05) is 18.2 Å². The topological polar surface area (TPSA) is 17.1 Å². The summed E-state index contributed by atoms with van der Waals surface area (Å²) in [6.07, 6.45) is 10.2. The molecule has 1 nitrogen and oxygen atoms in total. The molecule has 0 aliphatic carbocycles. The number of carbonyl (C=O) groups excluding carboxylic acids is 1. The Morgan fingerprint density at radius 1 is 1.13 bits per heavy atom. The van der Waals surface area contributed by atoms with Crippen molar-refractivity contribution in [2.24, 2.45) is 0 Å². The largest absolute Gasteiger partial charge is 0.299 e. The first-order chi connectivity index (χ1) is 7.38. The third-order valence-electron chi connectivity index (χ3n) is 2.15. The fourth-order valence-electron chi connectivity index (χ4n) is 1.46. The molecule has 0 aliphatic rings. The van der Waals surface area contributed by atoms with E-state index in [-0.39, 0.29) is 0 Å². The highest BCUT2D eigenvalue weighted by Crippen LogP contribution is 2.12. The first kappa shape index (κ1) is 11.4. The van der Waals surface area contributed by atoms with E-state index in [1.165, 1.54) is 17.2 Å². The summed E-state index contributed by atoms with van der Waals surface area (Å²) in [6.45, 7) is 2.17. The molecule has 0 aromatic heterocycles. The van der Waals surface area contributed by atoms with Crippen LogP contribution in [0.3, 0.4) is 0 Å². The van der Waals surface area contributed by atoms with Gasteiger partial charge in [-0.1, -0.05) is 55.8 Å². The summed E-state index contributed by atoms with van der Waals surface area (Å²) in [6, 6.07) is 8.33. The Hall–Kier alpha value is -1.63. The van der Waals surface area contributed by atoms with Gasteiger partial charge in [0.2, 0.25) is 0 Å². The summed E-state index contributed by atoms with van der Waals surface area (Å²) >= 11 is 0. The molecule has 78 valence electrons. The van der Waals surface area contributed by atoms with Crippen molar-refractivity contribution >= 4 is 12.4 Å². The monoisotopic (exact) mass is 200 g/mol. The number of aldehydes is 1. The average Bonchev–Trinajstić information content (AvgIpc) is 2.27. The van der Waals surface area contributed by atoms with Crippen molar-refractivity contribution in [1.82, 2.24) is 0 Å². The van der Waals surface area contributed by atoms with Gasteiger partial charge in [-0.2, -0.15) is 0 Å². The number of rotatable bonds is 5. The molecule has 0 amide bonds. The molecule has 0 atom stereocenters. The lowest BCUT2D eigenvalue weighted by molar-refractivity contribution is -0.104. The highest BCUT2D eigenvalue weighted by atomic mass is 16.1. The zero-order valence-electron chi connectivity index (χ0n) is 9.02. The van der Waals surface area contributed by atoms with Crippen molar-refractivity contribution in [2.75, 3.05) is 0 Å². The van der Waals surface area contributed by atoms with Gasteiger partial charge in [0.15, 0.2) is 0 Å². The molecular weight excluding hydrogens is 184 g/mol.